The van der Waals surface area contributed by atoms with Gasteiger partial charge in [0.1, 0.15) is 57.3 Å². The smallest absolute Gasteiger partial charge is 0.189 e. The lowest BCUT2D eigenvalue weighted by Crippen LogP contribution is -2.38. The van der Waals surface area contributed by atoms with Crippen LogP contribution in [0, 0.1) is 17.8 Å². The van der Waals surface area contributed by atoms with Gasteiger partial charge in [-0.3, -0.25) is 24.5 Å². The Hall–Kier alpha value is -3.41. The van der Waals surface area contributed by atoms with Crippen LogP contribution in [0.2, 0.25) is 30.3 Å². The standard InChI is InChI=1S/C19H24Cl2N2O2.C19H25ClN2O3.C15H15Cl3N2O2.C4H10.CH4/c1-13(2)11-14-12-16(20)15-3-4-17(18(21)19(15)22-14)25-10-7-23-5-8-24-9-6-23;1-13(2)11-14-12-16(23)15-3-4-17(18(20)19(15)21-14)25-10-7-22-5-8-24-9-6-22;16-11-9-13(17)19-15-10(11)1-2-12(14(15)18)22-8-5-20-3-6-21-7-4-20;1-4(2)3;/h3-4,12-13H,5-11H2,1-2H3;3-4,12-13H,5-11H2,1-2H3,(H,21,23);1-2,9H,3-8H2;4H,1-3H3;1H4. The highest BCUT2D eigenvalue weighted by Gasteiger charge is 2.18. The van der Waals surface area contributed by atoms with Crippen molar-refractivity contribution in [2.75, 3.05) is 118 Å². The minimum Gasteiger partial charge on any atom is -0.491 e. The number of halogens is 6. The van der Waals surface area contributed by atoms with E-state index in [0.717, 1.165) is 139 Å². The summed E-state index contributed by atoms with van der Waals surface area (Å²) >= 11 is 38.0. The Balaban J connectivity index is 0.000000205. The number of fused-ring (bicyclic) bond motifs is 3. The average Bonchev–Trinajstić information content (AvgIpc) is 3.38. The molecular formula is C58H78Cl6N6O7. The van der Waals surface area contributed by atoms with Crippen LogP contribution in [-0.4, -0.2) is 148 Å². The predicted octanol–water partition coefficient (Wildman–Crippen LogP) is 13.7. The molecule has 3 saturated heterocycles. The van der Waals surface area contributed by atoms with Gasteiger partial charge in [-0.15, -0.1) is 0 Å². The van der Waals surface area contributed by atoms with Crippen LogP contribution in [-0.2, 0) is 27.1 Å². The van der Waals surface area contributed by atoms with Crippen LogP contribution in [0.3, 0.4) is 0 Å². The maximum atomic E-state index is 12.3. The van der Waals surface area contributed by atoms with Gasteiger partial charge in [-0.05, 0) is 79.1 Å². The van der Waals surface area contributed by atoms with Crippen molar-refractivity contribution in [1.82, 2.24) is 29.7 Å². The lowest BCUT2D eigenvalue weighted by molar-refractivity contribution is 0.0322. The second-order valence-electron chi connectivity index (χ2n) is 20.4. The SMILES string of the molecule is C.CC(C)C.CC(C)Cc1cc(=O)c2ccc(OCCN3CCOCC3)c(Cl)c2[nH]1.CC(C)Cc1cc(Cl)c2ccc(OCCN3CCOCC3)c(Cl)c2n1.Clc1cc(Cl)c2ccc(OCCN3CCOCC3)c(Cl)c2n1. The highest BCUT2D eigenvalue weighted by atomic mass is 35.5. The molecule has 0 atom stereocenters. The maximum Gasteiger partial charge on any atom is 0.189 e. The summed E-state index contributed by atoms with van der Waals surface area (Å²) in [6, 6.07) is 16.2. The van der Waals surface area contributed by atoms with Crippen LogP contribution in [0.4, 0.5) is 0 Å². The first-order valence-electron chi connectivity index (χ1n) is 26.3. The predicted molar refractivity (Wildman–Crippen MR) is 321 cm³/mol. The lowest BCUT2D eigenvalue weighted by atomic mass is 10.1. The molecule has 3 fully saturated rings. The highest BCUT2D eigenvalue weighted by Crippen LogP contribution is 2.37. The Morgan fingerprint density at radius 1 is 0.532 bits per heavy atom. The van der Waals surface area contributed by atoms with Gasteiger partial charge in [0.25, 0.3) is 0 Å². The third-order valence-electron chi connectivity index (χ3n) is 12.2. The first-order valence-corrected chi connectivity index (χ1v) is 28.6. The molecular weight excluding hydrogens is 1110 g/mol. The zero-order valence-electron chi connectivity index (χ0n) is 44.9. The molecule has 0 spiro atoms. The normalized spacial score (nSPS) is 15.4. The molecule has 0 bridgehead atoms. The van der Waals surface area contributed by atoms with Crippen LogP contribution in [0.15, 0.2) is 59.4 Å². The summed E-state index contributed by atoms with van der Waals surface area (Å²) in [6.45, 7) is 29.6. The second kappa shape index (κ2) is 32.7. The van der Waals surface area contributed by atoms with Crippen LogP contribution in [0.1, 0.15) is 67.3 Å². The number of pyridine rings is 3. The fourth-order valence-corrected chi connectivity index (χ4v) is 10.0. The van der Waals surface area contributed by atoms with Crippen molar-refractivity contribution in [2.24, 2.45) is 17.8 Å². The summed E-state index contributed by atoms with van der Waals surface area (Å²) in [5, 5.41) is 5.18. The molecule has 3 aliphatic heterocycles. The molecule has 19 heteroatoms. The number of benzene rings is 3. The van der Waals surface area contributed by atoms with Crippen LogP contribution >= 0.6 is 69.6 Å². The van der Waals surface area contributed by atoms with Crippen molar-refractivity contribution in [1.29, 1.82) is 0 Å². The number of hydrogen-bond donors (Lipinski definition) is 1. The van der Waals surface area contributed by atoms with E-state index in [4.69, 9.17) is 103 Å². The fraction of sp³-hybridized carbons (Fsp3) is 0.534. The Morgan fingerprint density at radius 2 is 0.922 bits per heavy atom. The molecule has 3 aromatic heterocycles. The summed E-state index contributed by atoms with van der Waals surface area (Å²) < 4.78 is 33.6. The average molecular weight is 1180 g/mol. The molecule has 3 aromatic carbocycles. The van der Waals surface area contributed by atoms with Gasteiger partial charge in [0.15, 0.2) is 5.43 Å². The van der Waals surface area contributed by atoms with E-state index in [2.05, 4.69) is 73.1 Å². The van der Waals surface area contributed by atoms with Gasteiger partial charge in [-0.1, -0.05) is 125 Å². The van der Waals surface area contributed by atoms with Crippen LogP contribution in [0.25, 0.3) is 32.7 Å². The lowest BCUT2D eigenvalue weighted by Gasteiger charge is -2.26. The second-order valence-corrected chi connectivity index (χ2v) is 22.7. The fourth-order valence-electron chi connectivity index (χ4n) is 8.47. The van der Waals surface area contributed by atoms with Crippen molar-refractivity contribution >= 4 is 102 Å². The Labute approximate surface area is 486 Å². The summed E-state index contributed by atoms with van der Waals surface area (Å²) in [7, 11) is 0. The summed E-state index contributed by atoms with van der Waals surface area (Å²) in [4.78, 5) is 31.5. The van der Waals surface area contributed by atoms with Gasteiger partial charge in [0.05, 0.1) is 66.2 Å². The number of H-pyrrole nitrogens is 1. The first-order chi connectivity index (χ1) is 36.5. The van der Waals surface area contributed by atoms with E-state index in [0.29, 0.717) is 101 Å². The van der Waals surface area contributed by atoms with Gasteiger partial charge in [0, 0.05) is 92.5 Å². The summed E-state index contributed by atoms with van der Waals surface area (Å²) in [5.74, 6) is 3.66. The maximum absolute atomic E-state index is 12.3. The molecule has 0 saturated carbocycles. The molecule has 13 nitrogen and oxygen atoms in total. The van der Waals surface area contributed by atoms with E-state index in [-0.39, 0.29) is 12.9 Å². The van der Waals surface area contributed by atoms with Crippen molar-refractivity contribution in [3.8, 4) is 17.2 Å². The van der Waals surface area contributed by atoms with E-state index in [9.17, 15) is 4.79 Å². The number of aromatic nitrogens is 3. The van der Waals surface area contributed by atoms with Gasteiger partial charge >= 0.3 is 0 Å². The molecule has 0 aliphatic carbocycles. The minimum atomic E-state index is -0.00818. The topological polar surface area (TPSA) is 124 Å². The highest BCUT2D eigenvalue weighted by molar-refractivity contribution is 6.42. The van der Waals surface area contributed by atoms with Gasteiger partial charge in [-0.25, -0.2) is 4.98 Å². The number of morpholine rings is 3. The van der Waals surface area contributed by atoms with Gasteiger partial charge in [0.2, 0.25) is 0 Å². The van der Waals surface area contributed by atoms with Crippen LogP contribution in [0.5, 0.6) is 17.2 Å². The minimum absolute atomic E-state index is 0. The van der Waals surface area contributed by atoms with E-state index in [1.54, 1.807) is 24.3 Å². The van der Waals surface area contributed by atoms with E-state index >= 15 is 0 Å². The Morgan fingerprint density at radius 3 is 1.35 bits per heavy atom. The van der Waals surface area contributed by atoms with Crippen molar-refractivity contribution in [3.63, 3.8) is 0 Å². The summed E-state index contributed by atoms with van der Waals surface area (Å²) in [6.07, 6.45) is 1.68. The number of nitrogens with one attached hydrogen (secondary N) is 1. The van der Waals surface area contributed by atoms with E-state index < -0.39 is 0 Å². The zero-order chi connectivity index (χ0) is 54.7. The molecule has 9 rings (SSSR count). The number of nitrogens with zero attached hydrogens (tertiary/aromatic N) is 5. The molecule has 0 unspecified atom stereocenters. The van der Waals surface area contributed by atoms with Crippen LogP contribution < -0.4 is 19.6 Å². The molecule has 77 heavy (non-hydrogen) atoms. The number of ether oxygens (including phenoxy) is 6. The van der Waals surface area contributed by atoms with Crippen molar-refractivity contribution in [2.45, 2.75) is 68.7 Å². The molecule has 424 valence electrons. The monoisotopic (exact) mass is 1180 g/mol. The molecule has 3 aliphatic rings. The van der Waals surface area contributed by atoms with E-state index in [1.165, 1.54) is 0 Å². The Bertz CT molecular complexity index is 2840. The molecule has 0 amide bonds. The van der Waals surface area contributed by atoms with Gasteiger partial charge < -0.3 is 33.4 Å². The molecule has 1 N–H and O–H groups in total. The number of aromatic amines is 1. The molecule has 6 aromatic rings. The summed E-state index contributed by atoms with van der Waals surface area (Å²) in [5.41, 5.74) is 3.79. The number of rotatable bonds is 16. The third-order valence-corrected chi connectivity index (χ3v) is 14.1. The first kappa shape index (κ1) is 64.4. The zero-order valence-corrected chi connectivity index (χ0v) is 49.5. The van der Waals surface area contributed by atoms with E-state index in [1.807, 2.05) is 30.3 Å². The van der Waals surface area contributed by atoms with Crippen molar-refractivity contribution in [3.05, 3.63) is 106 Å². The molecule has 6 heterocycles. The van der Waals surface area contributed by atoms with Gasteiger partial charge in [-0.2, -0.15) is 0 Å². The Kier molecular flexibility index (Phi) is 27.4. The largest absolute Gasteiger partial charge is 0.491 e. The third kappa shape index (κ3) is 20.3. The quantitative estimate of drug-likeness (QED) is 0.0928. The number of hydrogen-bond acceptors (Lipinski definition) is 12. The molecule has 0 radical (unpaired) electrons. The van der Waals surface area contributed by atoms with Crippen molar-refractivity contribution < 1.29 is 28.4 Å².